The Bertz CT molecular complexity index is 1170. The Morgan fingerprint density at radius 3 is 2.48 bits per heavy atom. The van der Waals surface area contributed by atoms with Crippen LogP contribution in [0.1, 0.15) is 0 Å². The van der Waals surface area contributed by atoms with Gasteiger partial charge < -0.3 is 20.7 Å². The number of carbonyl (C=O) groups is 2. The van der Waals surface area contributed by atoms with Crippen LogP contribution in [0.25, 0.3) is 28.0 Å². The van der Waals surface area contributed by atoms with Gasteiger partial charge in [0.05, 0.1) is 29.9 Å². The van der Waals surface area contributed by atoms with Crippen molar-refractivity contribution < 1.29 is 24.5 Å². The number of imidazole rings is 1. The Kier molecular flexibility index (Phi) is 5.69. The fourth-order valence-electron chi connectivity index (χ4n) is 2.60. The van der Waals surface area contributed by atoms with Crippen LogP contribution < -0.4 is 10.5 Å². The van der Waals surface area contributed by atoms with Gasteiger partial charge in [0.15, 0.2) is 0 Å². The molecule has 11 heteroatoms. The molecule has 0 aliphatic carbocycles. The third kappa shape index (κ3) is 4.14. The highest BCUT2D eigenvalue weighted by atomic mass is 32.1. The van der Waals surface area contributed by atoms with E-state index in [0.717, 1.165) is 39.7 Å². The number of hydrogen-bond acceptors (Lipinski definition) is 8. The van der Waals surface area contributed by atoms with E-state index in [1.165, 1.54) is 0 Å². The maximum atomic E-state index is 9.10. The lowest BCUT2D eigenvalue weighted by atomic mass is 10.1. The fourth-order valence-corrected chi connectivity index (χ4v) is 3.14. The predicted molar refractivity (Wildman–Crippen MR) is 106 cm³/mol. The minimum Gasteiger partial charge on any atom is -0.479 e. The van der Waals surface area contributed by atoms with Crippen LogP contribution in [-0.2, 0) is 9.59 Å². The lowest BCUT2D eigenvalue weighted by Crippen LogP contribution is -2.09. The number of hydrogen-bond donors (Lipinski definition) is 3. The standard InChI is InChI=1S/C16H13N5OS.C2H2O4/c1-22-15-14(19-23-20-15)10-5-4-6-11(9-10)21-13-8-3-2-7-12(13)18-16(21)17;3-1(4)2(5)6/h2-9H,1H3,(H2,17,18);(H,3,4)(H,5,6). The zero-order valence-electron chi connectivity index (χ0n) is 15.0. The summed E-state index contributed by atoms with van der Waals surface area (Å²) in [6.45, 7) is 0. The maximum absolute atomic E-state index is 9.10. The van der Waals surface area contributed by atoms with Gasteiger partial charge in [-0.05, 0) is 24.3 Å². The summed E-state index contributed by atoms with van der Waals surface area (Å²) in [5.41, 5.74) is 10.5. The van der Waals surface area contributed by atoms with Gasteiger partial charge in [0, 0.05) is 11.3 Å². The first-order chi connectivity index (χ1) is 13.9. The first-order valence-corrected chi connectivity index (χ1v) is 8.82. The SMILES string of the molecule is COc1nsnc1-c1cccc(-n2c(N)nc3ccccc32)c1.O=C(O)C(=O)O. The number of carboxylic acid groups (broad SMARTS) is 2. The predicted octanol–water partition coefficient (Wildman–Crippen LogP) is 2.29. The molecule has 148 valence electrons. The number of methoxy groups -OCH3 is 1. The van der Waals surface area contributed by atoms with Crippen LogP contribution in [0.5, 0.6) is 5.88 Å². The van der Waals surface area contributed by atoms with E-state index in [1.54, 1.807) is 7.11 Å². The average Bonchev–Trinajstić information content (AvgIpc) is 3.31. The van der Waals surface area contributed by atoms with E-state index >= 15 is 0 Å². The Hall–Kier alpha value is -3.99. The van der Waals surface area contributed by atoms with Gasteiger partial charge >= 0.3 is 11.9 Å². The molecule has 2 aromatic heterocycles. The van der Waals surface area contributed by atoms with Crippen molar-refractivity contribution in [2.24, 2.45) is 0 Å². The molecule has 0 fully saturated rings. The molecular formula is C18H15N5O5S. The van der Waals surface area contributed by atoms with Gasteiger partial charge in [-0.2, -0.15) is 4.37 Å². The molecule has 0 radical (unpaired) electrons. The summed E-state index contributed by atoms with van der Waals surface area (Å²) in [7, 11) is 1.59. The highest BCUT2D eigenvalue weighted by molar-refractivity contribution is 6.99. The Labute approximate surface area is 168 Å². The van der Waals surface area contributed by atoms with E-state index < -0.39 is 11.9 Å². The number of nitrogen functional groups attached to an aromatic ring is 1. The highest BCUT2D eigenvalue weighted by Gasteiger charge is 2.14. The summed E-state index contributed by atoms with van der Waals surface area (Å²) in [5.74, 6) is -2.67. The fraction of sp³-hybridized carbons (Fsp3) is 0.0556. The summed E-state index contributed by atoms with van der Waals surface area (Å²) in [6, 6.07) is 15.8. The number of ether oxygens (including phenoxy) is 1. The third-order valence-corrected chi connectivity index (χ3v) is 4.31. The average molecular weight is 413 g/mol. The van der Waals surface area contributed by atoms with Crippen molar-refractivity contribution in [3.63, 3.8) is 0 Å². The number of aromatic nitrogens is 4. The molecule has 0 amide bonds. The van der Waals surface area contributed by atoms with Crippen LogP contribution in [0, 0.1) is 0 Å². The molecule has 0 atom stereocenters. The van der Waals surface area contributed by atoms with Crippen molar-refractivity contribution in [1.29, 1.82) is 0 Å². The molecule has 0 bridgehead atoms. The second-order valence-corrected chi connectivity index (χ2v) is 6.11. The second kappa shape index (κ2) is 8.35. The van der Waals surface area contributed by atoms with Crippen LogP contribution >= 0.6 is 11.7 Å². The third-order valence-electron chi connectivity index (χ3n) is 3.80. The molecule has 0 aliphatic heterocycles. The molecular weight excluding hydrogens is 398 g/mol. The van der Waals surface area contributed by atoms with Gasteiger partial charge in [-0.1, -0.05) is 24.3 Å². The number of anilines is 1. The van der Waals surface area contributed by atoms with E-state index in [4.69, 9.17) is 30.3 Å². The topological polar surface area (TPSA) is 153 Å². The van der Waals surface area contributed by atoms with Gasteiger partial charge in [0.2, 0.25) is 5.95 Å². The maximum Gasteiger partial charge on any atom is 0.414 e. The van der Waals surface area contributed by atoms with Crippen molar-refractivity contribution in [1.82, 2.24) is 18.3 Å². The van der Waals surface area contributed by atoms with E-state index in [2.05, 4.69) is 13.7 Å². The molecule has 0 saturated carbocycles. The van der Waals surface area contributed by atoms with E-state index in [0.29, 0.717) is 11.8 Å². The Morgan fingerprint density at radius 2 is 1.79 bits per heavy atom. The van der Waals surface area contributed by atoms with Gasteiger partial charge in [-0.15, -0.1) is 4.37 Å². The van der Waals surface area contributed by atoms with Crippen molar-refractivity contribution in [3.8, 4) is 22.8 Å². The number of carboxylic acids is 2. The van der Waals surface area contributed by atoms with Gasteiger partial charge in [-0.25, -0.2) is 14.6 Å². The molecule has 2 heterocycles. The molecule has 2 aromatic carbocycles. The van der Waals surface area contributed by atoms with Crippen molar-refractivity contribution >= 4 is 40.6 Å². The number of rotatable bonds is 3. The molecule has 4 aromatic rings. The van der Waals surface area contributed by atoms with Gasteiger partial charge in [0.25, 0.3) is 5.88 Å². The summed E-state index contributed by atoms with van der Waals surface area (Å²) < 4.78 is 15.6. The molecule has 0 unspecified atom stereocenters. The van der Waals surface area contributed by atoms with E-state index in [-0.39, 0.29) is 0 Å². The molecule has 4 N–H and O–H groups in total. The Balaban J connectivity index is 0.000000353. The largest absolute Gasteiger partial charge is 0.479 e. The summed E-state index contributed by atoms with van der Waals surface area (Å²) in [6.07, 6.45) is 0. The van der Waals surface area contributed by atoms with Crippen LogP contribution in [-0.4, -0.2) is 47.6 Å². The molecule has 0 aliphatic rings. The van der Waals surface area contributed by atoms with Gasteiger partial charge in [-0.3, -0.25) is 4.57 Å². The number of aliphatic carboxylic acids is 2. The minimum absolute atomic E-state index is 0.451. The lowest BCUT2D eigenvalue weighted by molar-refractivity contribution is -0.159. The number of fused-ring (bicyclic) bond motifs is 1. The quantitative estimate of drug-likeness (QED) is 0.429. The molecule has 10 nitrogen and oxygen atoms in total. The monoisotopic (exact) mass is 413 g/mol. The number of nitrogens with zero attached hydrogens (tertiary/aromatic N) is 4. The summed E-state index contributed by atoms with van der Waals surface area (Å²) in [5, 5.41) is 14.8. The molecule has 4 rings (SSSR count). The van der Waals surface area contributed by atoms with Crippen LogP contribution in [0.4, 0.5) is 5.95 Å². The first-order valence-electron chi connectivity index (χ1n) is 8.09. The van der Waals surface area contributed by atoms with E-state index in [1.807, 2.05) is 53.1 Å². The highest BCUT2D eigenvalue weighted by Crippen LogP contribution is 2.30. The van der Waals surface area contributed by atoms with Crippen LogP contribution in [0.2, 0.25) is 0 Å². The zero-order chi connectivity index (χ0) is 21.0. The second-order valence-electron chi connectivity index (χ2n) is 5.58. The molecule has 0 saturated heterocycles. The van der Waals surface area contributed by atoms with Crippen molar-refractivity contribution in [2.75, 3.05) is 12.8 Å². The van der Waals surface area contributed by atoms with Gasteiger partial charge in [0.1, 0.15) is 5.69 Å². The number of benzene rings is 2. The Morgan fingerprint density at radius 1 is 1.07 bits per heavy atom. The summed E-state index contributed by atoms with van der Waals surface area (Å²) >= 11 is 1.13. The number of nitrogens with two attached hydrogens (primary N) is 1. The number of para-hydroxylation sites is 2. The van der Waals surface area contributed by atoms with Crippen molar-refractivity contribution in [3.05, 3.63) is 48.5 Å². The minimum atomic E-state index is -1.82. The van der Waals surface area contributed by atoms with Crippen LogP contribution in [0.15, 0.2) is 48.5 Å². The zero-order valence-corrected chi connectivity index (χ0v) is 15.8. The van der Waals surface area contributed by atoms with E-state index in [9.17, 15) is 0 Å². The lowest BCUT2D eigenvalue weighted by Gasteiger charge is -2.08. The molecule has 0 spiro atoms. The normalized spacial score (nSPS) is 10.2. The summed E-state index contributed by atoms with van der Waals surface area (Å²) in [4.78, 5) is 22.6. The first kappa shape index (κ1) is 19.8. The smallest absolute Gasteiger partial charge is 0.414 e. The van der Waals surface area contributed by atoms with Crippen LogP contribution in [0.3, 0.4) is 0 Å². The molecule has 29 heavy (non-hydrogen) atoms. The van der Waals surface area contributed by atoms with Crippen molar-refractivity contribution in [2.45, 2.75) is 0 Å².